The fourth-order valence-corrected chi connectivity index (χ4v) is 8.34. The predicted octanol–water partition coefficient (Wildman–Crippen LogP) is 4.06. The van der Waals surface area contributed by atoms with E-state index >= 15 is 0 Å². The maximum Gasteiger partial charge on any atom is 0.104 e. The van der Waals surface area contributed by atoms with Crippen LogP contribution in [0.4, 0.5) is 0 Å². The monoisotopic (exact) mass is 363 g/mol. The van der Waals surface area contributed by atoms with Crippen molar-refractivity contribution in [1.29, 1.82) is 0 Å². The summed E-state index contributed by atoms with van der Waals surface area (Å²) in [4.78, 5) is 0. The lowest BCUT2D eigenvalue weighted by Gasteiger charge is -2.33. The van der Waals surface area contributed by atoms with Crippen LogP contribution in [0, 0.1) is 0 Å². The SMILES string of the molecule is CCC(C[Si](CC(CC)=NO)(CC(CC)=NO)c1ccccc1)=NO. The van der Waals surface area contributed by atoms with E-state index in [0.717, 1.165) is 17.1 Å². The van der Waals surface area contributed by atoms with Gasteiger partial charge < -0.3 is 15.6 Å². The highest BCUT2D eigenvalue weighted by Crippen LogP contribution is 2.26. The Hall–Kier alpha value is -2.15. The Kier molecular flexibility index (Phi) is 8.91. The molecule has 0 atom stereocenters. The van der Waals surface area contributed by atoms with Crippen molar-refractivity contribution in [3.8, 4) is 0 Å². The third kappa shape index (κ3) is 5.70. The zero-order chi connectivity index (χ0) is 18.7. The molecule has 0 unspecified atom stereocenters. The minimum atomic E-state index is -2.36. The summed E-state index contributed by atoms with van der Waals surface area (Å²) in [6.07, 6.45) is 1.94. The van der Waals surface area contributed by atoms with E-state index in [0.29, 0.717) is 37.4 Å². The number of rotatable bonds is 10. The van der Waals surface area contributed by atoms with Crippen LogP contribution in [-0.2, 0) is 0 Å². The summed E-state index contributed by atoms with van der Waals surface area (Å²) < 4.78 is 0. The van der Waals surface area contributed by atoms with E-state index in [1.165, 1.54) is 5.19 Å². The van der Waals surface area contributed by atoms with E-state index in [1.807, 2.05) is 39.0 Å². The largest absolute Gasteiger partial charge is 0.411 e. The molecule has 1 aromatic rings. The van der Waals surface area contributed by atoms with Crippen molar-refractivity contribution in [1.82, 2.24) is 0 Å². The Bertz CT molecular complexity index is 560. The van der Waals surface area contributed by atoms with Crippen molar-refractivity contribution in [2.45, 2.75) is 58.2 Å². The maximum absolute atomic E-state index is 9.38. The van der Waals surface area contributed by atoms with Crippen molar-refractivity contribution in [3.05, 3.63) is 30.3 Å². The van der Waals surface area contributed by atoms with Gasteiger partial charge in [0.1, 0.15) is 8.07 Å². The third-order valence-corrected chi connectivity index (χ3v) is 9.47. The number of oxime groups is 3. The molecule has 0 aliphatic rings. The van der Waals surface area contributed by atoms with E-state index in [-0.39, 0.29) is 0 Å². The normalized spacial score (nSPS) is 15.9. The quantitative estimate of drug-likeness (QED) is 0.253. The van der Waals surface area contributed by atoms with Crippen LogP contribution >= 0.6 is 0 Å². The molecule has 138 valence electrons. The number of hydrogen-bond donors (Lipinski definition) is 3. The number of nitrogens with zero attached hydrogens (tertiary/aromatic N) is 3. The van der Waals surface area contributed by atoms with Gasteiger partial charge in [-0.05, 0) is 37.4 Å². The molecule has 0 saturated heterocycles. The molecule has 0 saturated carbocycles. The van der Waals surface area contributed by atoms with Gasteiger partial charge in [-0.15, -0.1) is 0 Å². The molecule has 0 aromatic heterocycles. The lowest BCUT2D eigenvalue weighted by Crippen LogP contribution is -2.52. The second-order valence-corrected chi connectivity index (χ2v) is 10.4. The van der Waals surface area contributed by atoms with Crippen LogP contribution in [-0.4, -0.2) is 40.8 Å². The molecule has 3 N–H and O–H groups in total. The van der Waals surface area contributed by atoms with Gasteiger partial charge in [0.05, 0.1) is 17.1 Å². The van der Waals surface area contributed by atoms with Crippen molar-refractivity contribution in [2.75, 3.05) is 0 Å². The number of hydrogen-bond acceptors (Lipinski definition) is 6. The van der Waals surface area contributed by atoms with Gasteiger partial charge >= 0.3 is 0 Å². The van der Waals surface area contributed by atoms with Gasteiger partial charge in [-0.25, -0.2) is 0 Å². The van der Waals surface area contributed by atoms with Crippen LogP contribution in [0.15, 0.2) is 45.8 Å². The maximum atomic E-state index is 9.38. The smallest absolute Gasteiger partial charge is 0.104 e. The Morgan fingerprint density at radius 2 is 1.08 bits per heavy atom. The van der Waals surface area contributed by atoms with E-state index < -0.39 is 8.07 Å². The Morgan fingerprint density at radius 3 is 1.36 bits per heavy atom. The summed E-state index contributed by atoms with van der Waals surface area (Å²) in [6.45, 7) is 5.88. The van der Waals surface area contributed by atoms with Gasteiger partial charge in [-0.1, -0.05) is 71.8 Å². The highest BCUT2D eigenvalue weighted by molar-refractivity contribution is 6.97. The highest BCUT2D eigenvalue weighted by atomic mass is 28.3. The number of benzene rings is 1. The summed E-state index contributed by atoms with van der Waals surface area (Å²) in [7, 11) is -2.36. The first-order valence-corrected chi connectivity index (χ1v) is 11.4. The van der Waals surface area contributed by atoms with Crippen molar-refractivity contribution >= 4 is 30.4 Å². The minimum Gasteiger partial charge on any atom is -0.411 e. The zero-order valence-electron chi connectivity index (χ0n) is 15.3. The summed E-state index contributed by atoms with van der Waals surface area (Å²) >= 11 is 0. The molecular weight excluding hydrogens is 334 g/mol. The Morgan fingerprint density at radius 1 is 0.720 bits per heavy atom. The molecule has 0 radical (unpaired) electrons. The average molecular weight is 364 g/mol. The van der Waals surface area contributed by atoms with Crippen LogP contribution in [0.1, 0.15) is 40.0 Å². The fraction of sp³-hybridized carbons (Fsp3) is 0.500. The van der Waals surface area contributed by atoms with Crippen LogP contribution in [0.25, 0.3) is 0 Å². The minimum absolute atomic E-state index is 0.627. The fourth-order valence-electron chi connectivity index (χ4n) is 3.15. The molecule has 0 amide bonds. The summed E-state index contributed by atoms with van der Waals surface area (Å²) in [6, 6.07) is 12.0. The summed E-state index contributed by atoms with van der Waals surface area (Å²) in [5.41, 5.74) is 2.16. The summed E-state index contributed by atoms with van der Waals surface area (Å²) in [5, 5.41) is 39.8. The van der Waals surface area contributed by atoms with Gasteiger partial charge in [0.15, 0.2) is 0 Å². The molecule has 1 aromatic carbocycles. The first kappa shape index (κ1) is 20.9. The first-order valence-electron chi connectivity index (χ1n) is 8.73. The van der Waals surface area contributed by atoms with Gasteiger partial charge in [0, 0.05) is 0 Å². The second kappa shape index (κ2) is 10.7. The van der Waals surface area contributed by atoms with E-state index in [2.05, 4.69) is 27.6 Å². The molecule has 0 bridgehead atoms. The molecular formula is C18H29N3O3Si. The van der Waals surface area contributed by atoms with Crippen molar-refractivity contribution in [3.63, 3.8) is 0 Å². The molecule has 6 nitrogen and oxygen atoms in total. The Labute approximate surface area is 150 Å². The van der Waals surface area contributed by atoms with Gasteiger partial charge in [-0.2, -0.15) is 0 Å². The zero-order valence-corrected chi connectivity index (χ0v) is 16.3. The van der Waals surface area contributed by atoms with Gasteiger partial charge in [-0.3, -0.25) is 0 Å². The Balaban J connectivity index is 3.49. The lowest BCUT2D eigenvalue weighted by atomic mass is 10.3. The highest BCUT2D eigenvalue weighted by Gasteiger charge is 2.38. The van der Waals surface area contributed by atoms with Gasteiger partial charge in [0.2, 0.25) is 0 Å². The molecule has 1 rings (SSSR count). The predicted molar refractivity (Wildman–Crippen MR) is 105 cm³/mol. The van der Waals surface area contributed by atoms with Crippen LogP contribution in [0.5, 0.6) is 0 Å². The van der Waals surface area contributed by atoms with E-state index in [9.17, 15) is 15.6 Å². The standard InChI is InChI=1S/C18H29N3O3Si/c1-4-15(19-22)12-25(13-16(5-2)20-23,14-17(6-3)21-24)18-10-8-7-9-11-18/h7-11,22-24H,4-6,12-14H2,1-3H3. The molecule has 0 fully saturated rings. The molecule has 0 aliphatic heterocycles. The van der Waals surface area contributed by atoms with Crippen molar-refractivity contribution < 1.29 is 15.6 Å². The van der Waals surface area contributed by atoms with Crippen molar-refractivity contribution in [2.24, 2.45) is 15.5 Å². The molecule has 7 heteroatoms. The second-order valence-electron chi connectivity index (χ2n) is 6.24. The molecule has 0 spiro atoms. The lowest BCUT2D eigenvalue weighted by molar-refractivity contribution is 0.317. The molecule has 0 heterocycles. The van der Waals surface area contributed by atoms with Crippen LogP contribution in [0.2, 0.25) is 18.1 Å². The molecule has 0 aliphatic carbocycles. The average Bonchev–Trinajstić information content (AvgIpc) is 2.68. The summed E-state index contributed by atoms with van der Waals surface area (Å²) in [5.74, 6) is 0. The molecule has 25 heavy (non-hydrogen) atoms. The topological polar surface area (TPSA) is 97.8 Å². The third-order valence-electron chi connectivity index (χ3n) is 4.66. The van der Waals surface area contributed by atoms with E-state index in [1.54, 1.807) is 0 Å². The van der Waals surface area contributed by atoms with Crippen LogP contribution in [0.3, 0.4) is 0 Å². The van der Waals surface area contributed by atoms with E-state index in [4.69, 9.17) is 0 Å². The van der Waals surface area contributed by atoms with Gasteiger partial charge in [0.25, 0.3) is 0 Å². The first-order chi connectivity index (χ1) is 12.1. The van der Waals surface area contributed by atoms with Crippen LogP contribution < -0.4 is 5.19 Å².